The number of aryl methyl sites for hydroxylation is 4. The Kier molecular flexibility index (Phi) is 24.6. The summed E-state index contributed by atoms with van der Waals surface area (Å²) in [5, 5.41) is 94.0. The van der Waals surface area contributed by atoms with E-state index in [1.165, 1.54) is 0 Å². The fraction of sp³-hybridized carbons (Fsp3) is 0.176. The molecule has 14 aromatic rings. The van der Waals surface area contributed by atoms with Gasteiger partial charge in [0.2, 0.25) is 11.4 Å². The van der Waals surface area contributed by atoms with Gasteiger partial charge in [-0.25, -0.2) is 0 Å². The Labute approximate surface area is 588 Å². The van der Waals surface area contributed by atoms with Crippen LogP contribution in [0.4, 0.5) is 0 Å². The van der Waals surface area contributed by atoms with Crippen molar-refractivity contribution in [1.82, 2.24) is 9.97 Å². The third kappa shape index (κ3) is 16.1. The molecule has 9 N–H and O–H groups in total. The number of aromatic nitrogens is 4. The second kappa shape index (κ2) is 33.4. The molecule has 0 aliphatic heterocycles. The molecular formula is C85H86N4O12. The van der Waals surface area contributed by atoms with Crippen molar-refractivity contribution in [2.75, 3.05) is 7.11 Å². The van der Waals surface area contributed by atoms with Crippen molar-refractivity contribution in [3.05, 3.63) is 289 Å². The Hall–Kier alpha value is -10.8. The molecule has 0 aliphatic carbocycles. The number of ether oxygens (including phenoxy) is 1. The molecule has 0 amide bonds. The van der Waals surface area contributed by atoms with Crippen molar-refractivity contribution in [3.8, 4) is 78.8 Å². The zero-order valence-electron chi connectivity index (χ0n) is 58.3. The van der Waals surface area contributed by atoms with E-state index in [-0.39, 0.29) is 73.5 Å². The van der Waals surface area contributed by atoms with Crippen LogP contribution in [0.5, 0.6) is 11.5 Å². The van der Waals surface area contributed by atoms with Gasteiger partial charge in [0, 0.05) is 92.3 Å². The van der Waals surface area contributed by atoms with E-state index in [1.54, 1.807) is 50.4 Å². The number of aliphatic hydroxyl groups is 8. The van der Waals surface area contributed by atoms with E-state index < -0.39 is 0 Å². The van der Waals surface area contributed by atoms with Gasteiger partial charge in [0.1, 0.15) is 25.6 Å². The lowest BCUT2D eigenvalue weighted by Crippen LogP contribution is -2.35. The number of aliphatic hydroxyl groups excluding tert-OH is 8. The normalized spacial score (nSPS) is 10.9. The van der Waals surface area contributed by atoms with Gasteiger partial charge >= 0.3 is 0 Å². The number of hydrogen-bond donors (Lipinski definition) is 9. The van der Waals surface area contributed by atoms with Gasteiger partial charge < -0.3 is 74.4 Å². The molecule has 6 aromatic heterocycles. The van der Waals surface area contributed by atoms with Gasteiger partial charge in [-0.1, -0.05) is 48.5 Å². The van der Waals surface area contributed by atoms with Crippen LogP contribution < -0.4 is 13.9 Å². The summed E-state index contributed by atoms with van der Waals surface area (Å²) in [6, 6.07) is 59.0. The molecule has 0 spiro atoms. The van der Waals surface area contributed by atoms with E-state index in [2.05, 4.69) is 70.4 Å². The first-order chi connectivity index (χ1) is 48.0. The number of rotatable bonds is 15. The van der Waals surface area contributed by atoms with Gasteiger partial charge in [0.25, 0.3) is 0 Å². The molecule has 0 saturated carbocycles. The molecule has 8 aromatic carbocycles. The molecule has 16 heteroatoms. The minimum Gasteiger partial charge on any atom is -0.508 e. The fourth-order valence-corrected chi connectivity index (χ4v) is 12.7. The standard InChI is InChI=1S/C23H22NO3.C22H19NO3.C20H22NO3.C18H17NO3.2CH3/c1-15-22-10-21(13-26)20(12-25)9-19(22)11-23(24(15)2)17-5-3-4-16(8-17)18-6-7-27-14-18;1-14-21-9-20(12-25)19(11-24)8-18(21)10-22(23-14)16-4-2-3-15(7-16)17-5-6-26-13-17;1-13-19-9-17(12-23)16(11-22)7-15(19)10-20(21(13)2)14-5-4-6-18(8-14)24-3;1-11-17-7-15(10-21)14(9-20)5-13(17)8-18(19-11)12-3-2-4-16(22)6-12;;/h3-11,14,25-26H,12-13H2,1-2H3;2-10,13,24-25H,11-12H2,1H3;4-10,22-23H,11-12H2,1-3H3;2-8,20-22H,9-10H2,1H3;2*1H3/q+1;;+1;;2*-1. The third-order valence-electron chi connectivity index (χ3n) is 18.4. The van der Waals surface area contributed by atoms with Crippen molar-refractivity contribution >= 4 is 43.1 Å². The molecule has 101 heavy (non-hydrogen) atoms. The van der Waals surface area contributed by atoms with Crippen LogP contribution in [-0.2, 0) is 67.0 Å². The monoisotopic (exact) mass is 1350 g/mol. The Morgan fingerprint density at radius 3 is 1.05 bits per heavy atom. The summed E-state index contributed by atoms with van der Waals surface area (Å²) >= 11 is 0. The number of pyridine rings is 4. The Morgan fingerprint density at radius 2 is 0.673 bits per heavy atom. The van der Waals surface area contributed by atoms with Crippen molar-refractivity contribution in [1.29, 1.82) is 0 Å². The molecule has 0 aliphatic rings. The highest BCUT2D eigenvalue weighted by Gasteiger charge is 2.22. The second-order valence-electron chi connectivity index (χ2n) is 24.4. The van der Waals surface area contributed by atoms with Crippen LogP contribution in [0.1, 0.15) is 67.3 Å². The lowest BCUT2D eigenvalue weighted by atomic mass is 9.97. The molecule has 16 nitrogen and oxygen atoms in total. The van der Waals surface area contributed by atoms with E-state index >= 15 is 0 Å². The van der Waals surface area contributed by atoms with Crippen molar-refractivity contribution < 1.29 is 68.7 Å². The lowest BCUT2D eigenvalue weighted by molar-refractivity contribution is -0.665. The van der Waals surface area contributed by atoms with Crippen LogP contribution in [0.3, 0.4) is 0 Å². The van der Waals surface area contributed by atoms with E-state index in [0.29, 0.717) is 11.1 Å². The van der Waals surface area contributed by atoms with Crippen LogP contribution in [-0.4, -0.2) is 63.0 Å². The third-order valence-corrected chi connectivity index (χ3v) is 18.4. The van der Waals surface area contributed by atoms with E-state index in [4.69, 9.17) is 18.6 Å². The van der Waals surface area contributed by atoms with Gasteiger partial charge in [0.05, 0.1) is 96.4 Å². The average Bonchev–Trinajstić information content (AvgIpc) is 0.920. The summed E-state index contributed by atoms with van der Waals surface area (Å²) in [5.41, 5.74) is 22.0. The number of methoxy groups -OCH3 is 1. The lowest BCUT2D eigenvalue weighted by Gasteiger charge is -2.12. The van der Waals surface area contributed by atoms with Crippen molar-refractivity contribution in [2.45, 2.75) is 80.6 Å². The first-order valence-corrected chi connectivity index (χ1v) is 32.4. The average molecular weight is 1360 g/mol. The molecule has 518 valence electrons. The summed E-state index contributed by atoms with van der Waals surface area (Å²) in [4.78, 5) is 9.35. The summed E-state index contributed by atoms with van der Waals surface area (Å²) in [5.74, 6) is 1.01. The Morgan fingerprint density at radius 1 is 0.347 bits per heavy atom. The van der Waals surface area contributed by atoms with Crippen molar-refractivity contribution in [2.24, 2.45) is 14.1 Å². The first-order valence-electron chi connectivity index (χ1n) is 32.4. The Bertz CT molecular complexity index is 5220. The fourth-order valence-electron chi connectivity index (χ4n) is 12.7. The number of hydrogen-bond acceptors (Lipinski definition) is 14. The number of aromatic hydroxyl groups is 1. The van der Waals surface area contributed by atoms with Crippen LogP contribution >= 0.6 is 0 Å². The maximum Gasteiger partial charge on any atom is 0.213 e. The number of furan rings is 2. The number of benzene rings is 8. The number of nitrogens with zero attached hydrogens (tertiary/aromatic N) is 4. The smallest absolute Gasteiger partial charge is 0.213 e. The van der Waals surface area contributed by atoms with Gasteiger partial charge in [-0.05, 0) is 212 Å². The molecule has 14 rings (SSSR count). The predicted molar refractivity (Wildman–Crippen MR) is 398 cm³/mol. The topological polar surface area (TPSA) is 251 Å². The quantitative estimate of drug-likeness (QED) is 0.0342. The summed E-state index contributed by atoms with van der Waals surface area (Å²) in [6.07, 6.45) is 6.81. The molecule has 0 radical (unpaired) electrons. The van der Waals surface area contributed by atoms with Gasteiger partial charge in [-0.2, -0.15) is 9.13 Å². The van der Waals surface area contributed by atoms with Crippen LogP contribution in [0.2, 0.25) is 0 Å². The molecule has 0 atom stereocenters. The number of phenolic OH excluding ortho intramolecular Hbond substituents is 1. The highest BCUT2D eigenvalue weighted by molar-refractivity contribution is 5.92. The van der Waals surface area contributed by atoms with Crippen LogP contribution in [0.25, 0.3) is 110 Å². The summed E-state index contributed by atoms with van der Waals surface area (Å²) < 4.78 is 20.0. The zero-order valence-corrected chi connectivity index (χ0v) is 58.3. The SMILES string of the molecule is COc1cccc(-c2cc3cc(CO)c(CO)cc3c(C)[n+]2C)c1.Cc1c2cc(CO)c(CO)cc2cc(-c2cccc(-c3ccoc3)c2)[n+]1C.Cc1nc(-c2cccc(-c3ccoc3)c2)cc2cc(CO)c(CO)cc12.Cc1nc(-c2cccc(O)c2)cc2cc(CO)c(CO)cc12.[CH3-].[CH3-]. The van der Waals surface area contributed by atoms with Gasteiger partial charge in [0.15, 0.2) is 11.4 Å². The maximum atomic E-state index is 9.64. The number of phenols is 1. The van der Waals surface area contributed by atoms with Crippen LogP contribution in [0, 0.1) is 42.5 Å². The highest BCUT2D eigenvalue weighted by Crippen LogP contribution is 2.35. The zero-order chi connectivity index (χ0) is 70.0. The van der Waals surface area contributed by atoms with Crippen LogP contribution in [0.15, 0.2) is 216 Å². The molecular weight excluding hydrogens is 1270 g/mol. The van der Waals surface area contributed by atoms with Crippen molar-refractivity contribution in [3.63, 3.8) is 0 Å². The van der Waals surface area contributed by atoms with E-state index in [9.17, 15) is 46.0 Å². The number of fused-ring (bicyclic) bond motifs is 4. The highest BCUT2D eigenvalue weighted by atomic mass is 16.5. The summed E-state index contributed by atoms with van der Waals surface area (Å²) in [6.45, 7) is 7.26. The molecule has 0 unspecified atom stereocenters. The minimum atomic E-state index is -0.116. The molecule has 0 bridgehead atoms. The summed E-state index contributed by atoms with van der Waals surface area (Å²) in [7, 11) is 5.74. The second-order valence-corrected chi connectivity index (χ2v) is 24.4. The molecule has 6 heterocycles. The van der Waals surface area contributed by atoms with E-state index in [1.807, 2.05) is 149 Å². The maximum absolute atomic E-state index is 9.64. The predicted octanol–water partition coefficient (Wildman–Crippen LogP) is 14.8. The van der Waals surface area contributed by atoms with Gasteiger partial charge in [-0.15, -0.1) is 0 Å². The first kappa shape index (κ1) is 74.5. The van der Waals surface area contributed by atoms with Gasteiger partial charge in [-0.3, -0.25) is 9.97 Å². The Balaban J connectivity index is 0.000000156. The minimum absolute atomic E-state index is 0. The molecule has 0 fully saturated rings. The van der Waals surface area contributed by atoms with E-state index in [0.717, 1.165) is 172 Å². The molecule has 0 saturated heterocycles. The largest absolute Gasteiger partial charge is 0.508 e.